The Kier molecular flexibility index (Phi) is 4.10. The van der Waals surface area contributed by atoms with Crippen molar-refractivity contribution in [3.63, 3.8) is 0 Å². The largest absolute Gasteiger partial charge is 0.392 e. The number of allylic oxidation sites excluding steroid dienone is 1. The summed E-state index contributed by atoms with van der Waals surface area (Å²) in [5, 5.41) is 12.0. The minimum Gasteiger partial charge on any atom is -0.392 e. The first kappa shape index (κ1) is 12.8. The average Bonchev–Trinajstić information content (AvgIpc) is 2.92. The van der Waals surface area contributed by atoms with E-state index < -0.39 is 0 Å². The Morgan fingerprint density at radius 1 is 1.44 bits per heavy atom. The summed E-state index contributed by atoms with van der Waals surface area (Å²) >= 11 is 0. The van der Waals surface area contributed by atoms with Gasteiger partial charge in [0.2, 0.25) is 0 Å². The van der Waals surface area contributed by atoms with E-state index in [0.29, 0.717) is 11.3 Å². The summed E-state index contributed by atoms with van der Waals surface area (Å²) in [5.41, 5.74) is 3.33. The Bertz CT molecular complexity index is 472. The SMILES string of the molecule is CC(C(=O)Nc1cnccc1CO)=C1CCCC1. The second kappa shape index (κ2) is 5.78. The van der Waals surface area contributed by atoms with Crippen LogP contribution in [-0.4, -0.2) is 16.0 Å². The fraction of sp³-hybridized carbons (Fsp3) is 0.429. The van der Waals surface area contributed by atoms with Crippen molar-refractivity contribution in [2.45, 2.75) is 39.2 Å². The van der Waals surface area contributed by atoms with E-state index in [1.165, 1.54) is 18.4 Å². The summed E-state index contributed by atoms with van der Waals surface area (Å²) in [6.45, 7) is 1.76. The van der Waals surface area contributed by atoms with Crippen molar-refractivity contribution in [1.82, 2.24) is 4.98 Å². The lowest BCUT2D eigenvalue weighted by molar-refractivity contribution is -0.112. The van der Waals surface area contributed by atoms with E-state index in [4.69, 9.17) is 0 Å². The molecule has 1 aliphatic carbocycles. The summed E-state index contributed by atoms with van der Waals surface area (Å²) < 4.78 is 0. The highest BCUT2D eigenvalue weighted by Crippen LogP contribution is 2.27. The van der Waals surface area contributed by atoms with Gasteiger partial charge in [0.1, 0.15) is 0 Å². The smallest absolute Gasteiger partial charge is 0.251 e. The first-order valence-corrected chi connectivity index (χ1v) is 6.26. The average molecular weight is 246 g/mol. The van der Waals surface area contributed by atoms with Gasteiger partial charge in [-0.1, -0.05) is 5.57 Å². The van der Waals surface area contributed by atoms with E-state index in [-0.39, 0.29) is 12.5 Å². The predicted molar refractivity (Wildman–Crippen MR) is 70.0 cm³/mol. The zero-order chi connectivity index (χ0) is 13.0. The molecule has 4 nitrogen and oxygen atoms in total. The Labute approximate surface area is 107 Å². The molecule has 1 fully saturated rings. The zero-order valence-corrected chi connectivity index (χ0v) is 10.6. The molecule has 4 heteroatoms. The number of nitrogens with one attached hydrogen (secondary N) is 1. The van der Waals surface area contributed by atoms with Gasteiger partial charge in [0.05, 0.1) is 18.5 Å². The van der Waals surface area contributed by atoms with Crippen molar-refractivity contribution in [1.29, 1.82) is 0 Å². The van der Waals surface area contributed by atoms with Crippen LogP contribution in [0.3, 0.4) is 0 Å². The monoisotopic (exact) mass is 246 g/mol. The van der Waals surface area contributed by atoms with Crippen LogP contribution in [-0.2, 0) is 11.4 Å². The van der Waals surface area contributed by atoms with E-state index in [9.17, 15) is 9.90 Å². The Hall–Kier alpha value is -1.68. The molecule has 0 bridgehead atoms. The van der Waals surface area contributed by atoms with E-state index in [1.807, 2.05) is 6.92 Å². The molecule has 1 heterocycles. The lowest BCUT2D eigenvalue weighted by Gasteiger charge is -2.10. The minimum atomic E-state index is -0.103. The lowest BCUT2D eigenvalue weighted by atomic mass is 10.1. The Morgan fingerprint density at radius 2 is 2.17 bits per heavy atom. The number of aromatic nitrogens is 1. The van der Waals surface area contributed by atoms with Crippen LogP contribution in [0, 0.1) is 0 Å². The number of hydrogen-bond acceptors (Lipinski definition) is 3. The van der Waals surface area contributed by atoms with Crippen LogP contribution in [0.1, 0.15) is 38.2 Å². The second-order valence-electron chi connectivity index (χ2n) is 4.58. The van der Waals surface area contributed by atoms with E-state index in [2.05, 4.69) is 10.3 Å². The van der Waals surface area contributed by atoms with Crippen molar-refractivity contribution in [2.75, 3.05) is 5.32 Å². The molecule has 2 rings (SSSR count). The highest BCUT2D eigenvalue weighted by Gasteiger charge is 2.15. The molecular weight excluding hydrogens is 228 g/mol. The van der Waals surface area contributed by atoms with Crippen LogP contribution in [0.25, 0.3) is 0 Å². The maximum Gasteiger partial charge on any atom is 0.251 e. The van der Waals surface area contributed by atoms with Crippen LogP contribution < -0.4 is 5.32 Å². The van der Waals surface area contributed by atoms with Gasteiger partial charge in [-0.25, -0.2) is 0 Å². The molecule has 1 aromatic heterocycles. The molecule has 0 saturated heterocycles. The first-order chi connectivity index (χ1) is 8.72. The molecule has 2 N–H and O–H groups in total. The third-order valence-corrected chi connectivity index (χ3v) is 3.41. The number of pyridine rings is 1. The number of aliphatic hydroxyl groups is 1. The van der Waals surface area contributed by atoms with Crippen molar-refractivity contribution >= 4 is 11.6 Å². The number of aliphatic hydroxyl groups excluding tert-OH is 1. The van der Waals surface area contributed by atoms with Crippen LogP contribution in [0.2, 0.25) is 0 Å². The van der Waals surface area contributed by atoms with Gasteiger partial charge in [-0.05, 0) is 38.7 Å². The highest BCUT2D eigenvalue weighted by atomic mass is 16.3. The zero-order valence-electron chi connectivity index (χ0n) is 10.6. The molecule has 96 valence electrons. The van der Waals surface area contributed by atoms with E-state index in [1.54, 1.807) is 18.5 Å². The third-order valence-electron chi connectivity index (χ3n) is 3.41. The van der Waals surface area contributed by atoms with Gasteiger partial charge >= 0.3 is 0 Å². The van der Waals surface area contributed by atoms with Gasteiger partial charge in [0.15, 0.2) is 0 Å². The summed E-state index contributed by atoms with van der Waals surface area (Å²) in [7, 11) is 0. The van der Waals surface area contributed by atoms with E-state index >= 15 is 0 Å². The molecule has 0 unspecified atom stereocenters. The quantitative estimate of drug-likeness (QED) is 0.805. The van der Waals surface area contributed by atoms with Gasteiger partial charge in [0.25, 0.3) is 5.91 Å². The highest BCUT2D eigenvalue weighted by molar-refractivity contribution is 6.04. The normalized spacial score (nSPS) is 14.7. The van der Waals surface area contributed by atoms with Crippen LogP contribution >= 0.6 is 0 Å². The maximum atomic E-state index is 12.1. The van der Waals surface area contributed by atoms with Gasteiger partial charge in [-0.2, -0.15) is 0 Å². The number of anilines is 1. The van der Waals surface area contributed by atoms with Crippen LogP contribution in [0.4, 0.5) is 5.69 Å². The van der Waals surface area contributed by atoms with Crippen molar-refractivity contribution in [3.05, 3.63) is 35.2 Å². The third kappa shape index (κ3) is 2.76. The van der Waals surface area contributed by atoms with Crippen molar-refractivity contribution in [2.24, 2.45) is 0 Å². The number of hydrogen-bond donors (Lipinski definition) is 2. The number of carbonyl (C=O) groups excluding carboxylic acids is 1. The number of amides is 1. The minimum absolute atomic E-state index is 0.0883. The summed E-state index contributed by atoms with van der Waals surface area (Å²) in [6.07, 6.45) is 7.57. The molecular formula is C14H18N2O2. The van der Waals surface area contributed by atoms with Crippen LogP contribution in [0.5, 0.6) is 0 Å². The molecule has 0 spiro atoms. The molecule has 1 amide bonds. The van der Waals surface area contributed by atoms with Gasteiger partial charge in [-0.3, -0.25) is 9.78 Å². The van der Waals surface area contributed by atoms with Gasteiger partial charge < -0.3 is 10.4 Å². The summed E-state index contributed by atoms with van der Waals surface area (Å²) in [6, 6.07) is 1.70. The van der Waals surface area contributed by atoms with Gasteiger partial charge in [-0.15, -0.1) is 0 Å². The fourth-order valence-electron chi connectivity index (χ4n) is 2.23. The summed E-state index contributed by atoms with van der Waals surface area (Å²) in [5.74, 6) is -0.0883. The number of rotatable bonds is 3. The molecule has 0 radical (unpaired) electrons. The second-order valence-corrected chi connectivity index (χ2v) is 4.58. The van der Waals surface area contributed by atoms with Gasteiger partial charge in [0, 0.05) is 17.3 Å². The summed E-state index contributed by atoms with van der Waals surface area (Å²) in [4.78, 5) is 16.1. The molecule has 0 aliphatic heterocycles. The lowest BCUT2D eigenvalue weighted by Crippen LogP contribution is -2.15. The molecule has 0 aromatic carbocycles. The topological polar surface area (TPSA) is 62.2 Å². The molecule has 0 atom stereocenters. The van der Waals surface area contributed by atoms with E-state index in [0.717, 1.165) is 18.4 Å². The predicted octanol–water partition coefficient (Wildman–Crippen LogP) is 2.40. The molecule has 1 saturated carbocycles. The van der Waals surface area contributed by atoms with Crippen LogP contribution in [0.15, 0.2) is 29.6 Å². The number of carbonyl (C=O) groups is 1. The first-order valence-electron chi connectivity index (χ1n) is 6.26. The Morgan fingerprint density at radius 3 is 2.83 bits per heavy atom. The fourth-order valence-corrected chi connectivity index (χ4v) is 2.23. The van der Waals surface area contributed by atoms with Crippen molar-refractivity contribution in [3.8, 4) is 0 Å². The maximum absolute atomic E-state index is 12.1. The number of nitrogens with zero attached hydrogens (tertiary/aromatic N) is 1. The molecule has 1 aliphatic rings. The molecule has 18 heavy (non-hydrogen) atoms. The standard InChI is InChI=1S/C14H18N2O2/c1-10(11-4-2-3-5-11)14(18)16-13-8-15-7-6-12(13)9-17/h6-8,17H,2-5,9H2,1H3,(H,16,18). The Balaban J connectivity index is 2.14. The van der Waals surface area contributed by atoms with Crippen molar-refractivity contribution < 1.29 is 9.90 Å². The molecule has 1 aromatic rings.